The Bertz CT molecular complexity index is 441. The zero-order chi connectivity index (χ0) is 10.4. The first kappa shape index (κ1) is 10.5. The highest BCUT2D eigenvalue weighted by molar-refractivity contribution is 9.10. The summed E-state index contributed by atoms with van der Waals surface area (Å²) in [4.78, 5) is 2.56. The van der Waals surface area contributed by atoms with E-state index in [1.165, 1.54) is 0 Å². The summed E-state index contributed by atoms with van der Waals surface area (Å²) in [6.07, 6.45) is 0. The van der Waals surface area contributed by atoms with Gasteiger partial charge in [0.1, 0.15) is 5.75 Å². The highest BCUT2D eigenvalue weighted by atomic mass is 79.9. The summed E-state index contributed by atoms with van der Waals surface area (Å²) in [6, 6.07) is 5.01. The average molecular weight is 252 g/mol. The summed E-state index contributed by atoms with van der Waals surface area (Å²) in [6.45, 7) is 0.103. The fraction of sp³-hybridized carbons (Fsp3) is 0.111. The van der Waals surface area contributed by atoms with Gasteiger partial charge in [-0.05, 0) is 23.7 Å². The molecule has 0 aromatic heterocycles. The van der Waals surface area contributed by atoms with Crippen LogP contribution in [0.3, 0.4) is 0 Å². The lowest BCUT2D eigenvalue weighted by molar-refractivity contribution is 0.473. The molecule has 0 aliphatic rings. The average Bonchev–Trinajstić information content (AvgIpc) is 2.15. The molecule has 14 heavy (non-hydrogen) atoms. The van der Waals surface area contributed by atoms with E-state index in [-0.39, 0.29) is 12.3 Å². The van der Waals surface area contributed by atoms with E-state index in [1.54, 1.807) is 18.2 Å². The van der Waals surface area contributed by atoms with Gasteiger partial charge in [-0.3, -0.25) is 0 Å². The lowest BCUT2D eigenvalue weighted by Gasteiger charge is -1.96. The Morgan fingerprint density at radius 1 is 1.57 bits per heavy atom. The fourth-order valence-corrected chi connectivity index (χ4v) is 1.16. The highest BCUT2D eigenvalue weighted by Gasteiger charge is 1.96. The SMILES string of the molecule is [N-]=[N+]=NCC#Cc1ccc(Br)cc1O. The van der Waals surface area contributed by atoms with Gasteiger partial charge in [0.15, 0.2) is 0 Å². The van der Waals surface area contributed by atoms with Crippen LogP contribution in [0.15, 0.2) is 27.8 Å². The Morgan fingerprint density at radius 3 is 3.00 bits per heavy atom. The topological polar surface area (TPSA) is 69.0 Å². The molecule has 0 spiro atoms. The van der Waals surface area contributed by atoms with Gasteiger partial charge < -0.3 is 5.11 Å². The molecule has 0 heterocycles. The Labute approximate surface area is 89.3 Å². The highest BCUT2D eigenvalue weighted by Crippen LogP contribution is 2.21. The van der Waals surface area contributed by atoms with Crippen molar-refractivity contribution in [3.63, 3.8) is 0 Å². The quantitative estimate of drug-likeness (QED) is 0.355. The first-order valence-electron chi connectivity index (χ1n) is 3.72. The Balaban J connectivity index is 2.84. The molecule has 0 saturated carbocycles. The van der Waals surface area contributed by atoms with Crippen molar-refractivity contribution in [2.24, 2.45) is 5.11 Å². The van der Waals surface area contributed by atoms with Crippen molar-refractivity contribution in [3.8, 4) is 17.6 Å². The summed E-state index contributed by atoms with van der Waals surface area (Å²) in [5.74, 6) is 5.41. The van der Waals surface area contributed by atoms with E-state index in [1.807, 2.05) is 0 Å². The van der Waals surface area contributed by atoms with Gasteiger partial charge in [-0.1, -0.05) is 32.9 Å². The van der Waals surface area contributed by atoms with Gasteiger partial charge in [0.2, 0.25) is 0 Å². The van der Waals surface area contributed by atoms with Crippen LogP contribution in [0.1, 0.15) is 5.56 Å². The molecule has 0 aliphatic carbocycles. The molecule has 0 bridgehead atoms. The van der Waals surface area contributed by atoms with Crippen LogP contribution < -0.4 is 0 Å². The molecule has 0 amide bonds. The molecule has 70 valence electrons. The van der Waals surface area contributed by atoms with Gasteiger partial charge in [0.25, 0.3) is 0 Å². The molecule has 1 rings (SSSR count). The second-order valence-corrected chi connectivity index (χ2v) is 3.27. The van der Waals surface area contributed by atoms with E-state index in [2.05, 4.69) is 37.8 Å². The van der Waals surface area contributed by atoms with Crippen molar-refractivity contribution in [2.75, 3.05) is 6.54 Å². The number of aromatic hydroxyl groups is 1. The zero-order valence-corrected chi connectivity index (χ0v) is 8.69. The molecule has 0 unspecified atom stereocenters. The Hall–Kier alpha value is -1.63. The first-order valence-corrected chi connectivity index (χ1v) is 4.51. The van der Waals surface area contributed by atoms with Crippen molar-refractivity contribution in [1.82, 2.24) is 0 Å². The van der Waals surface area contributed by atoms with E-state index < -0.39 is 0 Å². The lowest BCUT2D eigenvalue weighted by Crippen LogP contribution is -1.77. The van der Waals surface area contributed by atoms with Crippen molar-refractivity contribution in [3.05, 3.63) is 38.7 Å². The van der Waals surface area contributed by atoms with Crippen LogP contribution >= 0.6 is 15.9 Å². The van der Waals surface area contributed by atoms with Crippen LogP contribution in [-0.2, 0) is 0 Å². The first-order chi connectivity index (χ1) is 6.74. The van der Waals surface area contributed by atoms with E-state index in [9.17, 15) is 5.11 Å². The Morgan fingerprint density at radius 2 is 2.36 bits per heavy atom. The maximum Gasteiger partial charge on any atom is 0.132 e. The molecule has 1 N–H and O–H groups in total. The standard InChI is InChI=1S/C9H6BrN3O/c10-8-4-3-7(9(14)6-8)2-1-5-12-13-11/h3-4,6,14H,5H2. The van der Waals surface area contributed by atoms with Gasteiger partial charge in [-0.2, -0.15) is 0 Å². The molecular formula is C9H6BrN3O. The van der Waals surface area contributed by atoms with E-state index in [0.717, 1.165) is 4.47 Å². The summed E-state index contributed by atoms with van der Waals surface area (Å²) in [7, 11) is 0. The minimum absolute atomic E-state index is 0.103. The molecule has 0 fully saturated rings. The number of nitrogens with zero attached hydrogens (tertiary/aromatic N) is 3. The Kier molecular flexibility index (Phi) is 3.86. The van der Waals surface area contributed by atoms with Gasteiger partial charge >= 0.3 is 0 Å². The molecule has 5 heteroatoms. The second-order valence-electron chi connectivity index (χ2n) is 2.35. The third-order valence-corrected chi connectivity index (χ3v) is 1.89. The van der Waals surface area contributed by atoms with Crippen molar-refractivity contribution >= 4 is 15.9 Å². The van der Waals surface area contributed by atoms with Gasteiger partial charge in [0, 0.05) is 9.38 Å². The van der Waals surface area contributed by atoms with Crippen molar-refractivity contribution in [1.29, 1.82) is 0 Å². The van der Waals surface area contributed by atoms with Crippen LogP contribution in [0.2, 0.25) is 0 Å². The molecular weight excluding hydrogens is 246 g/mol. The van der Waals surface area contributed by atoms with Crippen LogP contribution in [0.4, 0.5) is 0 Å². The number of hydrogen-bond acceptors (Lipinski definition) is 2. The number of phenols is 1. The van der Waals surface area contributed by atoms with Crippen LogP contribution in [0.25, 0.3) is 10.4 Å². The number of rotatable bonds is 1. The summed E-state index contributed by atoms with van der Waals surface area (Å²) in [5.41, 5.74) is 8.50. The van der Waals surface area contributed by atoms with Crippen LogP contribution in [0, 0.1) is 11.8 Å². The van der Waals surface area contributed by atoms with E-state index >= 15 is 0 Å². The minimum atomic E-state index is 0.103. The lowest BCUT2D eigenvalue weighted by atomic mass is 10.2. The third-order valence-electron chi connectivity index (χ3n) is 1.40. The van der Waals surface area contributed by atoms with Crippen LogP contribution in [0.5, 0.6) is 5.75 Å². The largest absolute Gasteiger partial charge is 0.507 e. The predicted octanol–water partition coefficient (Wildman–Crippen LogP) is 2.82. The van der Waals surface area contributed by atoms with Gasteiger partial charge in [-0.15, -0.1) is 0 Å². The van der Waals surface area contributed by atoms with Crippen molar-refractivity contribution < 1.29 is 5.11 Å². The predicted molar refractivity (Wildman–Crippen MR) is 56.7 cm³/mol. The minimum Gasteiger partial charge on any atom is -0.507 e. The second kappa shape index (κ2) is 5.18. The monoisotopic (exact) mass is 251 g/mol. The third kappa shape index (κ3) is 3.02. The number of phenolic OH excluding ortho intramolecular Hbond substituents is 1. The number of azide groups is 1. The van der Waals surface area contributed by atoms with E-state index in [4.69, 9.17) is 5.53 Å². The molecule has 4 nitrogen and oxygen atoms in total. The molecule has 0 saturated heterocycles. The summed E-state index contributed by atoms with van der Waals surface area (Å²) >= 11 is 3.21. The molecule has 0 atom stereocenters. The fourth-order valence-electron chi connectivity index (χ4n) is 0.812. The maximum absolute atomic E-state index is 9.41. The normalized spacial score (nSPS) is 8.36. The molecule has 1 aromatic rings. The van der Waals surface area contributed by atoms with Gasteiger partial charge in [-0.25, -0.2) is 0 Å². The number of benzene rings is 1. The number of hydrogen-bond donors (Lipinski definition) is 1. The smallest absolute Gasteiger partial charge is 0.132 e. The van der Waals surface area contributed by atoms with Crippen LogP contribution in [-0.4, -0.2) is 11.7 Å². The summed E-state index contributed by atoms with van der Waals surface area (Å²) < 4.78 is 0.788. The summed E-state index contributed by atoms with van der Waals surface area (Å²) in [5, 5.41) is 12.7. The molecule has 0 aliphatic heterocycles. The number of halogens is 1. The maximum atomic E-state index is 9.41. The molecule has 0 radical (unpaired) electrons. The van der Waals surface area contributed by atoms with Gasteiger partial charge in [0.05, 0.1) is 12.1 Å². The van der Waals surface area contributed by atoms with E-state index in [0.29, 0.717) is 5.56 Å². The molecule has 1 aromatic carbocycles. The van der Waals surface area contributed by atoms with Crippen molar-refractivity contribution in [2.45, 2.75) is 0 Å². The zero-order valence-electron chi connectivity index (χ0n) is 7.11.